The molecule has 2 heterocycles. The Morgan fingerprint density at radius 2 is 1.74 bits per heavy atom. The summed E-state index contributed by atoms with van der Waals surface area (Å²) in [5.74, 6) is 2.90. The molecule has 0 aliphatic carbocycles. The van der Waals surface area contributed by atoms with E-state index in [2.05, 4.69) is 0 Å². The van der Waals surface area contributed by atoms with Crippen LogP contribution in [0, 0.1) is 0 Å². The van der Waals surface area contributed by atoms with Gasteiger partial charge in [0, 0.05) is 18.5 Å². The Labute approximate surface area is 185 Å². The van der Waals surface area contributed by atoms with E-state index in [0.717, 1.165) is 33.9 Å². The first-order valence-electron chi connectivity index (χ1n) is 10.1. The SMILES string of the molecule is COc1ccc(CCN(C)C(=O)c2ccc(-c3ccc4c(c3)OCCO4)s2)cc1OC. The number of thiophene rings is 1. The van der Waals surface area contributed by atoms with Crippen molar-refractivity contribution in [1.29, 1.82) is 0 Å². The standard InChI is InChI=1S/C24H25NO5S/c1-25(11-10-16-4-6-18(27-2)20(14-16)28-3)24(26)23-9-8-22(31-23)17-5-7-19-21(15-17)30-13-12-29-19/h4-9,14-15H,10-13H2,1-3H3. The Bertz CT molecular complexity index is 1080. The molecule has 0 atom stereocenters. The first-order valence-corrected chi connectivity index (χ1v) is 10.9. The number of fused-ring (bicyclic) bond motifs is 1. The van der Waals surface area contributed by atoms with Crippen LogP contribution in [-0.4, -0.2) is 51.8 Å². The topological polar surface area (TPSA) is 57.2 Å². The normalized spacial score (nSPS) is 12.4. The molecule has 4 rings (SSSR count). The maximum atomic E-state index is 12.9. The van der Waals surface area contributed by atoms with E-state index in [9.17, 15) is 4.79 Å². The van der Waals surface area contributed by atoms with Crippen LogP contribution < -0.4 is 18.9 Å². The Morgan fingerprint density at radius 1 is 0.968 bits per heavy atom. The van der Waals surface area contributed by atoms with Crippen LogP contribution in [0.5, 0.6) is 23.0 Å². The third-order valence-electron chi connectivity index (χ3n) is 5.17. The number of amides is 1. The maximum absolute atomic E-state index is 12.9. The van der Waals surface area contributed by atoms with E-state index in [1.54, 1.807) is 19.1 Å². The van der Waals surface area contributed by atoms with Gasteiger partial charge in [0.1, 0.15) is 13.2 Å². The summed E-state index contributed by atoms with van der Waals surface area (Å²) in [7, 11) is 5.06. The van der Waals surface area contributed by atoms with E-state index in [-0.39, 0.29) is 5.91 Å². The fraction of sp³-hybridized carbons (Fsp3) is 0.292. The second-order valence-electron chi connectivity index (χ2n) is 7.19. The van der Waals surface area contributed by atoms with E-state index in [4.69, 9.17) is 18.9 Å². The van der Waals surface area contributed by atoms with Crippen molar-refractivity contribution in [3.05, 3.63) is 59.0 Å². The number of methoxy groups -OCH3 is 2. The van der Waals surface area contributed by atoms with Crippen LogP contribution in [0.2, 0.25) is 0 Å². The minimum absolute atomic E-state index is 0.00858. The summed E-state index contributed by atoms with van der Waals surface area (Å²) in [6, 6.07) is 15.6. The fourth-order valence-electron chi connectivity index (χ4n) is 3.43. The van der Waals surface area contributed by atoms with Crippen molar-refractivity contribution in [2.24, 2.45) is 0 Å². The molecule has 31 heavy (non-hydrogen) atoms. The number of nitrogens with zero attached hydrogens (tertiary/aromatic N) is 1. The Hall–Kier alpha value is -3.19. The fourth-order valence-corrected chi connectivity index (χ4v) is 4.42. The smallest absolute Gasteiger partial charge is 0.263 e. The Kier molecular flexibility index (Phi) is 6.32. The molecule has 1 aromatic heterocycles. The third kappa shape index (κ3) is 4.61. The number of carbonyl (C=O) groups excluding carboxylic acids is 1. The number of hydrogen-bond acceptors (Lipinski definition) is 6. The zero-order valence-corrected chi connectivity index (χ0v) is 18.7. The monoisotopic (exact) mass is 439 g/mol. The van der Waals surface area contributed by atoms with Gasteiger partial charge in [-0.25, -0.2) is 0 Å². The van der Waals surface area contributed by atoms with Crippen molar-refractivity contribution < 1.29 is 23.7 Å². The van der Waals surface area contributed by atoms with Crippen LogP contribution in [0.4, 0.5) is 0 Å². The van der Waals surface area contributed by atoms with Crippen LogP contribution in [0.1, 0.15) is 15.2 Å². The van der Waals surface area contributed by atoms with Crippen LogP contribution in [0.25, 0.3) is 10.4 Å². The lowest BCUT2D eigenvalue weighted by atomic mass is 10.1. The molecule has 0 saturated carbocycles. The van der Waals surface area contributed by atoms with Gasteiger partial charge in [0.15, 0.2) is 23.0 Å². The number of likely N-dealkylation sites (N-methyl/N-ethyl adjacent to an activating group) is 1. The van der Waals surface area contributed by atoms with E-state index < -0.39 is 0 Å². The molecule has 0 fully saturated rings. The minimum atomic E-state index is 0.00858. The summed E-state index contributed by atoms with van der Waals surface area (Å²) in [6.45, 7) is 1.72. The zero-order valence-electron chi connectivity index (χ0n) is 17.8. The largest absolute Gasteiger partial charge is 0.493 e. The predicted molar refractivity (Wildman–Crippen MR) is 121 cm³/mol. The van der Waals surface area contributed by atoms with Crippen molar-refractivity contribution >= 4 is 17.2 Å². The Morgan fingerprint density at radius 3 is 2.52 bits per heavy atom. The van der Waals surface area contributed by atoms with Gasteiger partial charge in [-0.3, -0.25) is 4.79 Å². The molecule has 0 spiro atoms. The van der Waals surface area contributed by atoms with Crippen molar-refractivity contribution in [2.45, 2.75) is 6.42 Å². The molecule has 6 nitrogen and oxygen atoms in total. The van der Waals surface area contributed by atoms with Gasteiger partial charge in [-0.1, -0.05) is 6.07 Å². The van der Waals surface area contributed by atoms with Crippen molar-refractivity contribution in [1.82, 2.24) is 4.90 Å². The average Bonchev–Trinajstić information content (AvgIpc) is 3.31. The first-order chi connectivity index (χ1) is 15.1. The molecule has 0 unspecified atom stereocenters. The lowest BCUT2D eigenvalue weighted by Crippen LogP contribution is -2.28. The van der Waals surface area contributed by atoms with Gasteiger partial charge in [0.05, 0.1) is 19.1 Å². The molecule has 1 aliphatic rings. The summed E-state index contributed by atoms with van der Waals surface area (Å²) >= 11 is 1.48. The lowest BCUT2D eigenvalue weighted by Gasteiger charge is -2.18. The van der Waals surface area contributed by atoms with Gasteiger partial charge >= 0.3 is 0 Å². The highest BCUT2D eigenvalue weighted by atomic mass is 32.1. The van der Waals surface area contributed by atoms with Crippen LogP contribution >= 0.6 is 11.3 Å². The Balaban J connectivity index is 1.41. The highest BCUT2D eigenvalue weighted by molar-refractivity contribution is 7.17. The lowest BCUT2D eigenvalue weighted by molar-refractivity contribution is 0.0801. The summed E-state index contributed by atoms with van der Waals surface area (Å²) < 4.78 is 21.9. The second-order valence-corrected chi connectivity index (χ2v) is 8.27. The molecule has 1 aliphatic heterocycles. The molecule has 0 bridgehead atoms. The van der Waals surface area contributed by atoms with E-state index in [1.807, 2.05) is 55.6 Å². The highest BCUT2D eigenvalue weighted by Crippen LogP contribution is 2.37. The maximum Gasteiger partial charge on any atom is 0.263 e. The van der Waals surface area contributed by atoms with Gasteiger partial charge in [-0.15, -0.1) is 11.3 Å². The molecule has 1 amide bonds. The molecule has 0 radical (unpaired) electrons. The summed E-state index contributed by atoms with van der Waals surface area (Å²) in [4.78, 5) is 16.4. The van der Waals surface area contributed by atoms with E-state index >= 15 is 0 Å². The van der Waals surface area contributed by atoms with Crippen molar-refractivity contribution in [3.63, 3.8) is 0 Å². The molecule has 2 aromatic carbocycles. The van der Waals surface area contributed by atoms with Gasteiger partial charge in [-0.05, 0) is 60.0 Å². The molecule has 7 heteroatoms. The van der Waals surface area contributed by atoms with Gasteiger partial charge in [-0.2, -0.15) is 0 Å². The molecule has 3 aromatic rings. The summed E-state index contributed by atoms with van der Waals surface area (Å²) in [5.41, 5.74) is 2.10. The predicted octanol–water partition coefficient (Wildman–Crippen LogP) is 4.52. The summed E-state index contributed by atoms with van der Waals surface area (Å²) in [6.07, 6.45) is 0.725. The number of rotatable bonds is 7. The second kappa shape index (κ2) is 9.31. The van der Waals surface area contributed by atoms with Gasteiger partial charge in [0.25, 0.3) is 5.91 Å². The summed E-state index contributed by atoms with van der Waals surface area (Å²) in [5, 5.41) is 0. The molecule has 162 valence electrons. The van der Waals surface area contributed by atoms with E-state index in [0.29, 0.717) is 36.1 Å². The van der Waals surface area contributed by atoms with Gasteiger partial charge in [0.2, 0.25) is 0 Å². The highest BCUT2D eigenvalue weighted by Gasteiger charge is 2.17. The number of ether oxygens (including phenoxy) is 4. The van der Waals surface area contributed by atoms with Gasteiger partial charge < -0.3 is 23.8 Å². The molecular weight excluding hydrogens is 414 g/mol. The van der Waals surface area contributed by atoms with Crippen molar-refractivity contribution in [2.75, 3.05) is 41.0 Å². The minimum Gasteiger partial charge on any atom is -0.493 e. The van der Waals surface area contributed by atoms with Crippen LogP contribution in [0.15, 0.2) is 48.5 Å². The zero-order chi connectivity index (χ0) is 21.8. The quantitative estimate of drug-likeness (QED) is 0.542. The van der Waals surface area contributed by atoms with Crippen LogP contribution in [-0.2, 0) is 6.42 Å². The molecule has 0 saturated heterocycles. The number of benzene rings is 2. The third-order valence-corrected chi connectivity index (χ3v) is 6.30. The molecular formula is C24H25NO5S. The number of carbonyl (C=O) groups is 1. The average molecular weight is 440 g/mol. The van der Waals surface area contributed by atoms with Crippen molar-refractivity contribution in [3.8, 4) is 33.4 Å². The molecule has 0 N–H and O–H groups in total. The van der Waals surface area contributed by atoms with Crippen LogP contribution in [0.3, 0.4) is 0 Å². The first kappa shape index (κ1) is 21.1. The van der Waals surface area contributed by atoms with E-state index in [1.165, 1.54) is 11.3 Å². The number of hydrogen-bond donors (Lipinski definition) is 0.